The molecular weight excluding hydrogens is 521 g/mol. The number of halogens is 3. The lowest BCUT2D eigenvalue weighted by molar-refractivity contribution is -0.137. The lowest BCUT2D eigenvalue weighted by Crippen LogP contribution is -2.17. The molecule has 0 aliphatic heterocycles. The number of carbonyl (C=O) groups is 1. The van der Waals surface area contributed by atoms with Crippen LogP contribution in [0.25, 0.3) is 11.3 Å². The SMILES string of the molecule is Cc1cc(NC(=O)c2cccc(C(F)(F)F)c2)ccc1Oc1ncccc1-c1ccnc(NCCCN(C)C)n1. The van der Waals surface area contributed by atoms with E-state index >= 15 is 0 Å². The highest BCUT2D eigenvalue weighted by atomic mass is 19.4. The van der Waals surface area contributed by atoms with Crippen molar-refractivity contribution >= 4 is 17.5 Å². The van der Waals surface area contributed by atoms with Gasteiger partial charge in [0.15, 0.2) is 0 Å². The predicted octanol–water partition coefficient (Wildman–Crippen LogP) is 6.27. The van der Waals surface area contributed by atoms with Crippen LogP contribution in [0.15, 0.2) is 73.1 Å². The molecule has 8 nitrogen and oxygen atoms in total. The van der Waals surface area contributed by atoms with Gasteiger partial charge in [0.2, 0.25) is 11.8 Å². The molecule has 2 aromatic heterocycles. The lowest BCUT2D eigenvalue weighted by atomic mass is 10.1. The van der Waals surface area contributed by atoms with Crippen LogP contribution in [0.5, 0.6) is 11.6 Å². The monoisotopic (exact) mass is 550 g/mol. The Labute approximate surface area is 230 Å². The number of hydrogen-bond acceptors (Lipinski definition) is 7. The Morgan fingerprint density at radius 1 is 1.00 bits per heavy atom. The molecule has 40 heavy (non-hydrogen) atoms. The van der Waals surface area contributed by atoms with E-state index in [9.17, 15) is 18.0 Å². The molecule has 0 spiro atoms. The van der Waals surface area contributed by atoms with Crippen LogP contribution in [0.1, 0.15) is 27.9 Å². The van der Waals surface area contributed by atoms with Crippen molar-refractivity contribution in [1.29, 1.82) is 0 Å². The normalized spacial score (nSPS) is 11.4. The van der Waals surface area contributed by atoms with Gasteiger partial charge in [0.05, 0.1) is 16.8 Å². The summed E-state index contributed by atoms with van der Waals surface area (Å²) in [5.74, 6) is 0.681. The third-order valence-corrected chi connectivity index (χ3v) is 5.86. The first-order chi connectivity index (χ1) is 19.1. The number of benzene rings is 2. The van der Waals surface area contributed by atoms with Crippen LogP contribution in [0.4, 0.5) is 24.8 Å². The topological polar surface area (TPSA) is 92.3 Å². The Morgan fingerprint density at radius 2 is 1.82 bits per heavy atom. The lowest BCUT2D eigenvalue weighted by Gasteiger charge is -2.14. The summed E-state index contributed by atoms with van der Waals surface area (Å²) in [7, 11) is 4.04. The largest absolute Gasteiger partial charge is 0.438 e. The first-order valence-electron chi connectivity index (χ1n) is 12.5. The summed E-state index contributed by atoms with van der Waals surface area (Å²) < 4.78 is 45.2. The van der Waals surface area contributed by atoms with Gasteiger partial charge in [-0.15, -0.1) is 0 Å². The Hall–Kier alpha value is -4.51. The molecule has 208 valence electrons. The molecule has 0 fully saturated rings. The second-order valence-electron chi connectivity index (χ2n) is 9.32. The molecule has 0 unspecified atom stereocenters. The van der Waals surface area contributed by atoms with Gasteiger partial charge in [0.25, 0.3) is 5.91 Å². The molecule has 0 saturated carbocycles. The molecule has 0 bridgehead atoms. The van der Waals surface area contributed by atoms with Gasteiger partial charge in [-0.25, -0.2) is 15.0 Å². The Morgan fingerprint density at radius 3 is 2.58 bits per heavy atom. The van der Waals surface area contributed by atoms with Crippen molar-refractivity contribution < 1.29 is 22.7 Å². The van der Waals surface area contributed by atoms with Gasteiger partial charge in [-0.3, -0.25) is 4.79 Å². The molecule has 0 aliphatic carbocycles. The van der Waals surface area contributed by atoms with E-state index in [1.807, 2.05) is 20.2 Å². The van der Waals surface area contributed by atoms with Gasteiger partial charge in [-0.1, -0.05) is 6.07 Å². The van der Waals surface area contributed by atoms with E-state index in [-0.39, 0.29) is 5.56 Å². The predicted molar refractivity (Wildman–Crippen MR) is 148 cm³/mol. The van der Waals surface area contributed by atoms with Gasteiger partial charge in [-0.2, -0.15) is 13.2 Å². The molecule has 0 saturated heterocycles. The van der Waals surface area contributed by atoms with Crippen molar-refractivity contribution in [2.24, 2.45) is 0 Å². The molecule has 0 radical (unpaired) electrons. The van der Waals surface area contributed by atoms with Crippen LogP contribution in [0.3, 0.4) is 0 Å². The number of nitrogens with zero attached hydrogens (tertiary/aromatic N) is 4. The zero-order valence-electron chi connectivity index (χ0n) is 22.3. The highest BCUT2D eigenvalue weighted by Crippen LogP contribution is 2.33. The second-order valence-corrected chi connectivity index (χ2v) is 9.32. The molecule has 0 atom stereocenters. The van der Waals surface area contributed by atoms with Gasteiger partial charge in [0, 0.05) is 30.2 Å². The minimum atomic E-state index is -4.54. The zero-order chi connectivity index (χ0) is 28.7. The van der Waals surface area contributed by atoms with Gasteiger partial charge in [0.1, 0.15) is 5.75 Å². The minimum Gasteiger partial charge on any atom is -0.438 e. The third-order valence-electron chi connectivity index (χ3n) is 5.86. The van der Waals surface area contributed by atoms with Crippen LogP contribution in [0.2, 0.25) is 0 Å². The summed E-state index contributed by atoms with van der Waals surface area (Å²) in [6.45, 7) is 3.46. The molecule has 11 heteroatoms. The van der Waals surface area contributed by atoms with Crippen LogP contribution < -0.4 is 15.4 Å². The van der Waals surface area contributed by atoms with Crippen LogP contribution in [-0.2, 0) is 6.18 Å². The van der Waals surface area contributed by atoms with Gasteiger partial charge >= 0.3 is 6.18 Å². The molecule has 4 rings (SSSR count). The van der Waals surface area contributed by atoms with E-state index in [0.29, 0.717) is 40.1 Å². The Bertz CT molecular complexity index is 1480. The summed E-state index contributed by atoms with van der Waals surface area (Å²) in [5, 5.41) is 5.87. The van der Waals surface area contributed by atoms with Gasteiger partial charge < -0.3 is 20.3 Å². The van der Waals surface area contributed by atoms with Crippen LogP contribution >= 0.6 is 0 Å². The van der Waals surface area contributed by atoms with E-state index in [1.165, 1.54) is 12.1 Å². The first-order valence-corrected chi connectivity index (χ1v) is 12.5. The number of amides is 1. The quantitative estimate of drug-likeness (QED) is 0.225. The molecule has 0 aliphatic rings. The number of carbonyl (C=O) groups excluding carboxylic acids is 1. The van der Waals surface area contributed by atoms with Crippen molar-refractivity contribution in [3.8, 4) is 22.9 Å². The number of alkyl halides is 3. The summed E-state index contributed by atoms with van der Waals surface area (Å²) >= 11 is 0. The second kappa shape index (κ2) is 12.6. The van der Waals surface area contributed by atoms with E-state index in [1.54, 1.807) is 49.6 Å². The number of rotatable bonds is 10. The molecule has 2 aromatic carbocycles. The Balaban J connectivity index is 1.47. The number of pyridine rings is 1. The standard InChI is InChI=1S/C29H29F3N6O2/c1-19-17-22(36-26(39)20-7-4-8-21(18-20)29(30,31)32)10-11-25(19)40-27-23(9-5-13-33-27)24-12-15-35-28(37-24)34-14-6-16-38(2)3/h4-5,7-13,15,17-18H,6,14,16H2,1-3H3,(H,36,39)(H,34,35,37). The zero-order valence-corrected chi connectivity index (χ0v) is 22.3. The molecule has 2 N–H and O–H groups in total. The fourth-order valence-corrected chi connectivity index (χ4v) is 3.84. The fourth-order valence-electron chi connectivity index (χ4n) is 3.84. The summed E-state index contributed by atoms with van der Waals surface area (Å²) in [5.41, 5.74) is 1.42. The molecule has 4 aromatic rings. The van der Waals surface area contributed by atoms with E-state index in [0.717, 1.165) is 31.6 Å². The number of ether oxygens (including phenoxy) is 1. The minimum absolute atomic E-state index is 0.0951. The van der Waals surface area contributed by atoms with Crippen LogP contribution in [-0.4, -0.2) is 52.9 Å². The van der Waals surface area contributed by atoms with E-state index in [4.69, 9.17) is 4.74 Å². The van der Waals surface area contributed by atoms with Crippen molar-refractivity contribution in [2.75, 3.05) is 37.8 Å². The van der Waals surface area contributed by atoms with Crippen molar-refractivity contribution in [3.05, 3.63) is 89.7 Å². The number of anilines is 2. The van der Waals surface area contributed by atoms with E-state index in [2.05, 4.69) is 30.5 Å². The third kappa shape index (κ3) is 7.54. The van der Waals surface area contributed by atoms with Crippen LogP contribution in [0, 0.1) is 6.92 Å². The average Bonchev–Trinajstić information content (AvgIpc) is 2.92. The highest BCUT2D eigenvalue weighted by Gasteiger charge is 2.30. The Kier molecular flexibility index (Phi) is 8.95. The summed E-state index contributed by atoms with van der Waals surface area (Å²) in [6, 6.07) is 14.6. The van der Waals surface area contributed by atoms with E-state index < -0.39 is 17.6 Å². The summed E-state index contributed by atoms with van der Waals surface area (Å²) in [6.07, 6.45) is -0.316. The highest BCUT2D eigenvalue weighted by molar-refractivity contribution is 6.04. The molecule has 2 heterocycles. The molecule has 1 amide bonds. The number of aromatic nitrogens is 3. The van der Waals surface area contributed by atoms with Gasteiger partial charge in [-0.05, 0) is 94.1 Å². The fraction of sp³-hybridized carbons (Fsp3) is 0.241. The smallest absolute Gasteiger partial charge is 0.416 e. The summed E-state index contributed by atoms with van der Waals surface area (Å²) in [4.78, 5) is 28.0. The maximum Gasteiger partial charge on any atom is 0.416 e. The maximum absolute atomic E-state index is 13.0. The maximum atomic E-state index is 13.0. The molecular formula is C29H29F3N6O2. The van der Waals surface area contributed by atoms with Crippen molar-refractivity contribution in [1.82, 2.24) is 19.9 Å². The first kappa shape index (κ1) is 28.5. The average molecular weight is 551 g/mol. The number of aryl methyl sites for hydroxylation is 1. The van der Waals surface area contributed by atoms with Crippen molar-refractivity contribution in [2.45, 2.75) is 19.5 Å². The number of hydrogen-bond donors (Lipinski definition) is 2. The van der Waals surface area contributed by atoms with Crippen molar-refractivity contribution in [3.63, 3.8) is 0 Å². The number of nitrogens with one attached hydrogen (secondary N) is 2.